The maximum atomic E-state index is 6.42. The van der Waals surface area contributed by atoms with Crippen LogP contribution in [-0.2, 0) is 6.42 Å². The van der Waals surface area contributed by atoms with E-state index < -0.39 is 0 Å². The fraction of sp³-hybridized carbons (Fsp3) is 0.167. The van der Waals surface area contributed by atoms with E-state index in [-0.39, 0.29) is 0 Å². The van der Waals surface area contributed by atoms with Crippen LogP contribution in [0.2, 0.25) is 0 Å². The number of fused-ring (bicyclic) bond motifs is 10. The van der Waals surface area contributed by atoms with E-state index >= 15 is 0 Å². The molecular formula is C36H28N2O. The first-order chi connectivity index (χ1) is 19.4. The van der Waals surface area contributed by atoms with Gasteiger partial charge < -0.3 is 13.9 Å². The van der Waals surface area contributed by atoms with Crippen LogP contribution in [-0.4, -0.2) is 10.6 Å². The fourth-order valence-corrected chi connectivity index (χ4v) is 7.55. The summed E-state index contributed by atoms with van der Waals surface area (Å²) in [4.78, 5) is 2.61. The van der Waals surface area contributed by atoms with Crippen LogP contribution in [0.25, 0.3) is 38.5 Å². The first kappa shape index (κ1) is 21.4. The first-order valence-electron chi connectivity index (χ1n) is 14.2. The van der Waals surface area contributed by atoms with Crippen LogP contribution in [0.4, 0.5) is 11.4 Å². The largest absolute Gasteiger partial charge is 0.460 e. The standard InChI is InChI=1S/C36H28N2O/c1-2-11-23(12-3-1)37-29-17-8-5-14-26(29)35-31(37)22-21-25-24-13-4-7-16-28(24)38(36(25)35)30-18-10-20-33-34(30)27-15-6-9-19-32(27)39-33/h1-7,9,11-16,18-19,21-22,26,29H,8,10,17,20H2. The minimum atomic E-state index is 0.352. The lowest BCUT2D eigenvalue weighted by atomic mass is 9.86. The molecule has 39 heavy (non-hydrogen) atoms. The smallest absolute Gasteiger partial charge is 0.134 e. The molecule has 0 saturated heterocycles. The molecule has 2 aromatic heterocycles. The van der Waals surface area contributed by atoms with Crippen molar-refractivity contribution in [1.82, 2.24) is 4.57 Å². The van der Waals surface area contributed by atoms with E-state index in [0.29, 0.717) is 12.0 Å². The monoisotopic (exact) mass is 504 g/mol. The third-order valence-corrected chi connectivity index (χ3v) is 9.07. The van der Waals surface area contributed by atoms with Crippen LogP contribution >= 0.6 is 0 Å². The van der Waals surface area contributed by atoms with Crippen molar-refractivity contribution in [2.45, 2.75) is 37.6 Å². The minimum absolute atomic E-state index is 0.352. The van der Waals surface area contributed by atoms with Crippen LogP contribution in [0.15, 0.2) is 114 Å². The summed E-state index contributed by atoms with van der Waals surface area (Å²) < 4.78 is 8.99. The van der Waals surface area contributed by atoms with E-state index in [1.54, 1.807) is 0 Å². The molecule has 9 rings (SSSR count). The lowest BCUT2D eigenvalue weighted by Gasteiger charge is -2.31. The van der Waals surface area contributed by atoms with Crippen LogP contribution in [0, 0.1) is 0 Å². The average Bonchev–Trinajstić information content (AvgIpc) is 3.65. The molecule has 3 heterocycles. The van der Waals surface area contributed by atoms with Crippen molar-refractivity contribution >= 4 is 49.8 Å². The molecule has 2 atom stereocenters. The van der Waals surface area contributed by atoms with Crippen molar-refractivity contribution in [3.8, 4) is 0 Å². The summed E-state index contributed by atoms with van der Waals surface area (Å²) in [6.07, 6.45) is 11.5. The topological polar surface area (TPSA) is 21.3 Å². The summed E-state index contributed by atoms with van der Waals surface area (Å²) in [7, 11) is 0. The van der Waals surface area contributed by atoms with Crippen molar-refractivity contribution in [3.05, 3.63) is 126 Å². The van der Waals surface area contributed by atoms with Crippen molar-refractivity contribution in [3.63, 3.8) is 0 Å². The molecule has 0 N–H and O–H groups in total. The van der Waals surface area contributed by atoms with Crippen LogP contribution in [0.3, 0.4) is 0 Å². The van der Waals surface area contributed by atoms with Gasteiger partial charge in [-0.3, -0.25) is 0 Å². The minimum Gasteiger partial charge on any atom is -0.460 e. The van der Waals surface area contributed by atoms with Gasteiger partial charge in [0.2, 0.25) is 0 Å². The van der Waals surface area contributed by atoms with Gasteiger partial charge in [-0.2, -0.15) is 0 Å². The molecule has 6 aromatic rings. The quantitative estimate of drug-likeness (QED) is 0.219. The van der Waals surface area contributed by atoms with Gasteiger partial charge in [-0.25, -0.2) is 0 Å². The summed E-state index contributed by atoms with van der Waals surface area (Å²) in [6, 6.07) is 33.6. The number of anilines is 2. The molecule has 0 saturated carbocycles. The van der Waals surface area contributed by atoms with Crippen molar-refractivity contribution in [2.75, 3.05) is 4.90 Å². The van der Waals surface area contributed by atoms with Crippen molar-refractivity contribution < 1.29 is 4.42 Å². The number of aryl methyl sites for hydroxylation is 1. The SMILES string of the molecule is C1=CC2c3c(ccc4c5ccccc5n(C5=CCCc6oc7ccccc7c65)c34)N(c3ccccc3)C2CC1. The van der Waals surface area contributed by atoms with E-state index in [2.05, 4.69) is 119 Å². The number of hydrogen-bond acceptors (Lipinski definition) is 2. The Morgan fingerprint density at radius 1 is 0.744 bits per heavy atom. The third kappa shape index (κ3) is 2.88. The van der Waals surface area contributed by atoms with Gasteiger partial charge in [-0.05, 0) is 49.6 Å². The molecule has 0 bridgehead atoms. The van der Waals surface area contributed by atoms with Gasteiger partial charge >= 0.3 is 0 Å². The van der Waals surface area contributed by atoms with Gasteiger partial charge in [-0.15, -0.1) is 0 Å². The highest BCUT2D eigenvalue weighted by Gasteiger charge is 2.41. The Bertz CT molecular complexity index is 1990. The zero-order chi connectivity index (χ0) is 25.5. The molecular weight excluding hydrogens is 476 g/mol. The molecule has 0 amide bonds. The molecule has 4 aromatic carbocycles. The zero-order valence-electron chi connectivity index (χ0n) is 21.7. The van der Waals surface area contributed by atoms with Crippen LogP contribution in [0.1, 0.15) is 42.1 Å². The number of allylic oxidation sites excluding steroid dienone is 2. The van der Waals surface area contributed by atoms with E-state index in [4.69, 9.17) is 4.42 Å². The average molecular weight is 505 g/mol. The maximum Gasteiger partial charge on any atom is 0.134 e. The molecule has 2 aliphatic carbocycles. The number of benzene rings is 4. The van der Waals surface area contributed by atoms with Gasteiger partial charge in [0.25, 0.3) is 0 Å². The second kappa shape index (κ2) is 8.00. The van der Waals surface area contributed by atoms with Gasteiger partial charge in [-0.1, -0.05) is 78.9 Å². The number of rotatable bonds is 2. The van der Waals surface area contributed by atoms with Gasteiger partial charge in [0.15, 0.2) is 0 Å². The second-order valence-corrected chi connectivity index (χ2v) is 11.1. The lowest BCUT2D eigenvalue weighted by molar-refractivity contribution is 0.544. The molecule has 0 fully saturated rings. The van der Waals surface area contributed by atoms with Gasteiger partial charge in [0.1, 0.15) is 11.3 Å². The second-order valence-electron chi connectivity index (χ2n) is 11.1. The van der Waals surface area contributed by atoms with Crippen LogP contribution < -0.4 is 4.90 Å². The number of nitrogens with zero attached hydrogens (tertiary/aromatic N) is 2. The molecule has 3 heteroatoms. The highest BCUT2D eigenvalue weighted by Crippen LogP contribution is 2.53. The van der Waals surface area contributed by atoms with E-state index in [1.807, 2.05) is 0 Å². The number of furan rings is 1. The third-order valence-electron chi connectivity index (χ3n) is 9.07. The molecule has 0 spiro atoms. The van der Waals surface area contributed by atoms with Crippen molar-refractivity contribution in [1.29, 1.82) is 0 Å². The Kier molecular flexibility index (Phi) is 4.40. The predicted molar refractivity (Wildman–Crippen MR) is 161 cm³/mol. The Morgan fingerprint density at radius 2 is 1.56 bits per heavy atom. The molecule has 0 radical (unpaired) electrons. The highest BCUT2D eigenvalue weighted by molar-refractivity contribution is 6.14. The summed E-state index contributed by atoms with van der Waals surface area (Å²) >= 11 is 0. The molecule has 3 nitrogen and oxygen atoms in total. The van der Waals surface area contributed by atoms with E-state index in [9.17, 15) is 0 Å². The summed E-state index contributed by atoms with van der Waals surface area (Å²) in [6.45, 7) is 0. The molecule has 2 unspecified atom stereocenters. The Labute approximate surface area is 227 Å². The number of para-hydroxylation sites is 3. The molecule has 188 valence electrons. The lowest BCUT2D eigenvalue weighted by Crippen LogP contribution is -2.30. The molecule has 1 aliphatic heterocycles. The van der Waals surface area contributed by atoms with E-state index in [1.165, 1.54) is 55.4 Å². The van der Waals surface area contributed by atoms with E-state index in [0.717, 1.165) is 37.0 Å². The first-order valence-corrected chi connectivity index (χ1v) is 14.2. The Hall–Kier alpha value is -4.50. The number of aromatic nitrogens is 1. The summed E-state index contributed by atoms with van der Waals surface area (Å²) in [5, 5.41) is 3.85. The maximum absolute atomic E-state index is 6.42. The molecule has 3 aliphatic rings. The zero-order valence-corrected chi connectivity index (χ0v) is 21.7. The van der Waals surface area contributed by atoms with Gasteiger partial charge in [0, 0.05) is 57.0 Å². The van der Waals surface area contributed by atoms with Gasteiger partial charge in [0.05, 0.1) is 16.7 Å². The predicted octanol–water partition coefficient (Wildman–Crippen LogP) is 9.33. The normalized spacial score (nSPS) is 19.9. The van der Waals surface area contributed by atoms with Crippen LogP contribution in [0.5, 0.6) is 0 Å². The summed E-state index contributed by atoms with van der Waals surface area (Å²) in [5.41, 5.74) is 10.2. The summed E-state index contributed by atoms with van der Waals surface area (Å²) in [5.74, 6) is 1.46. The number of hydrogen-bond donors (Lipinski definition) is 0. The fourth-order valence-electron chi connectivity index (χ4n) is 7.55. The Morgan fingerprint density at radius 3 is 2.49 bits per heavy atom. The Balaban J connectivity index is 1.41. The van der Waals surface area contributed by atoms with Crippen molar-refractivity contribution in [2.24, 2.45) is 0 Å². The highest BCUT2D eigenvalue weighted by atomic mass is 16.3.